The first-order valence-corrected chi connectivity index (χ1v) is 10.1. The largest absolute Gasteiger partial charge is 0.484 e. The molecule has 2 N–H and O–H groups in total. The van der Waals surface area contributed by atoms with Crippen LogP contribution in [0.15, 0.2) is 66.2 Å². The minimum absolute atomic E-state index is 0. The van der Waals surface area contributed by atoms with Crippen LogP contribution in [0.4, 0.5) is 13.2 Å². The number of halogens is 4. The Bertz CT molecular complexity index is 994. The molecule has 1 aromatic heterocycles. The quantitative estimate of drug-likeness (QED) is 0.228. The Kier molecular flexibility index (Phi) is 10.4. The van der Waals surface area contributed by atoms with E-state index in [9.17, 15) is 13.2 Å². The standard InChI is InChI=1S/C22H25F3N6O.HI/c1-2-27-21(28-11-17-6-8-20(9-7-17)32-14-22(23,24)25)29-12-18-4-3-5-19(10-18)13-31-16-26-15-30-31;/h3-10,15-16H,2,11-14H2,1H3,(H2,27,28,29);1H. The van der Waals surface area contributed by atoms with Gasteiger partial charge in [0, 0.05) is 13.1 Å². The molecule has 178 valence electrons. The SMILES string of the molecule is CCNC(=NCc1cccc(Cn2cncn2)c1)NCc1ccc(OCC(F)(F)F)cc1.I. The van der Waals surface area contributed by atoms with Crippen LogP contribution in [-0.2, 0) is 19.6 Å². The highest BCUT2D eigenvalue weighted by atomic mass is 127. The van der Waals surface area contributed by atoms with Gasteiger partial charge in [-0.15, -0.1) is 24.0 Å². The summed E-state index contributed by atoms with van der Waals surface area (Å²) in [5, 5.41) is 10.5. The average molecular weight is 574 g/mol. The van der Waals surface area contributed by atoms with Crippen molar-refractivity contribution in [1.29, 1.82) is 0 Å². The van der Waals surface area contributed by atoms with Crippen molar-refractivity contribution < 1.29 is 17.9 Å². The molecule has 0 radical (unpaired) electrons. The lowest BCUT2D eigenvalue weighted by atomic mass is 10.1. The minimum Gasteiger partial charge on any atom is -0.484 e. The number of guanidine groups is 1. The smallest absolute Gasteiger partial charge is 0.422 e. The number of alkyl halides is 3. The van der Waals surface area contributed by atoms with Gasteiger partial charge >= 0.3 is 6.18 Å². The maximum atomic E-state index is 12.2. The van der Waals surface area contributed by atoms with E-state index >= 15 is 0 Å². The van der Waals surface area contributed by atoms with Gasteiger partial charge in [0.05, 0.1) is 13.1 Å². The van der Waals surface area contributed by atoms with E-state index in [0.717, 1.165) is 16.7 Å². The molecule has 3 rings (SSSR count). The highest BCUT2D eigenvalue weighted by Crippen LogP contribution is 2.18. The lowest BCUT2D eigenvalue weighted by molar-refractivity contribution is -0.153. The van der Waals surface area contributed by atoms with Gasteiger partial charge in [-0.1, -0.05) is 36.4 Å². The monoisotopic (exact) mass is 574 g/mol. The van der Waals surface area contributed by atoms with E-state index in [0.29, 0.717) is 32.1 Å². The Balaban J connectivity index is 0.00000385. The molecule has 0 saturated carbocycles. The third-order valence-electron chi connectivity index (χ3n) is 4.35. The van der Waals surface area contributed by atoms with Crippen LogP contribution in [-0.4, -0.2) is 40.1 Å². The fourth-order valence-electron chi connectivity index (χ4n) is 2.89. The summed E-state index contributed by atoms with van der Waals surface area (Å²) >= 11 is 0. The number of ether oxygens (including phenoxy) is 1. The van der Waals surface area contributed by atoms with Crippen LogP contribution in [0.25, 0.3) is 0 Å². The second-order valence-corrected chi connectivity index (χ2v) is 7.01. The number of aromatic nitrogens is 3. The van der Waals surface area contributed by atoms with E-state index in [-0.39, 0.29) is 29.7 Å². The molecule has 3 aromatic rings. The normalized spacial score (nSPS) is 11.6. The molecule has 11 heteroatoms. The summed E-state index contributed by atoms with van der Waals surface area (Å²) in [5.74, 6) is 0.823. The fraction of sp³-hybridized carbons (Fsp3) is 0.318. The van der Waals surface area contributed by atoms with Gasteiger partial charge in [-0.25, -0.2) is 14.7 Å². The summed E-state index contributed by atoms with van der Waals surface area (Å²) in [4.78, 5) is 8.57. The highest BCUT2D eigenvalue weighted by Gasteiger charge is 2.28. The first kappa shape index (κ1) is 26.4. The van der Waals surface area contributed by atoms with Crippen molar-refractivity contribution in [3.63, 3.8) is 0 Å². The number of nitrogens with zero attached hydrogens (tertiary/aromatic N) is 4. The van der Waals surface area contributed by atoms with Gasteiger partial charge in [0.1, 0.15) is 18.4 Å². The fourth-order valence-corrected chi connectivity index (χ4v) is 2.89. The van der Waals surface area contributed by atoms with Crippen molar-refractivity contribution in [3.8, 4) is 5.75 Å². The third kappa shape index (κ3) is 9.68. The summed E-state index contributed by atoms with van der Waals surface area (Å²) in [7, 11) is 0. The molecule has 0 aliphatic rings. The van der Waals surface area contributed by atoms with Gasteiger partial charge in [0.15, 0.2) is 12.6 Å². The topological polar surface area (TPSA) is 76.4 Å². The van der Waals surface area contributed by atoms with Crippen LogP contribution in [0, 0.1) is 0 Å². The zero-order valence-electron chi connectivity index (χ0n) is 18.0. The number of hydrogen-bond acceptors (Lipinski definition) is 4. The van der Waals surface area contributed by atoms with Crippen molar-refractivity contribution in [2.24, 2.45) is 4.99 Å². The predicted molar refractivity (Wildman–Crippen MR) is 131 cm³/mol. The van der Waals surface area contributed by atoms with Gasteiger partial charge in [-0.2, -0.15) is 18.3 Å². The molecule has 0 saturated heterocycles. The molecular formula is C22H26F3IN6O. The predicted octanol–water partition coefficient (Wildman–Crippen LogP) is 4.14. The van der Waals surface area contributed by atoms with Crippen LogP contribution >= 0.6 is 24.0 Å². The van der Waals surface area contributed by atoms with Crippen LogP contribution in [0.5, 0.6) is 5.75 Å². The number of aliphatic imine (C=N–C) groups is 1. The highest BCUT2D eigenvalue weighted by molar-refractivity contribution is 14.0. The molecule has 0 unspecified atom stereocenters. The Morgan fingerprint density at radius 1 is 1.06 bits per heavy atom. The minimum atomic E-state index is -4.35. The number of hydrogen-bond donors (Lipinski definition) is 2. The summed E-state index contributed by atoms with van der Waals surface area (Å²) in [5.41, 5.74) is 3.06. The molecule has 7 nitrogen and oxygen atoms in total. The Morgan fingerprint density at radius 3 is 2.48 bits per heavy atom. The van der Waals surface area contributed by atoms with Gasteiger partial charge < -0.3 is 15.4 Å². The van der Waals surface area contributed by atoms with E-state index < -0.39 is 12.8 Å². The molecule has 2 aromatic carbocycles. The zero-order chi connectivity index (χ0) is 22.8. The molecule has 0 fully saturated rings. The van der Waals surface area contributed by atoms with Crippen molar-refractivity contribution in [2.75, 3.05) is 13.2 Å². The molecule has 0 amide bonds. The third-order valence-corrected chi connectivity index (χ3v) is 4.35. The molecule has 33 heavy (non-hydrogen) atoms. The molecule has 0 aliphatic heterocycles. The van der Waals surface area contributed by atoms with Crippen molar-refractivity contribution in [3.05, 3.63) is 77.9 Å². The molecule has 0 bridgehead atoms. The Morgan fingerprint density at radius 2 is 1.82 bits per heavy atom. The number of nitrogens with one attached hydrogen (secondary N) is 2. The number of rotatable bonds is 9. The van der Waals surface area contributed by atoms with Crippen LogP contribution in [0.3, 0.4) is 0 Å². The summed E-state index contributed by atoms with van der Waals surface area (Å²) in [6.45, 7) is 2.97. The second kappa shape index (κ2) is 13.0. The molecular weight excluding hydrogens is 548 g/mol. The average Bonchev–Trinajstić information content (AvgIpc) is 3.28. The van der Waals surface area contributed by atoms with Crippen molar-refractivity contribution in [2.45, 2.75) is 32.7 Å². The van der Waals surface area contributed by atoms with E-state index in [1.807, 2.05) is 25.1 Å². The van der Waals surface area contributed by atoms with E-state index in [1.165, 1.54) is 18.5 Å². The molecule has 0 aliphatic carbocycles. The van der Waals surface area contributed by atoms with Gasteiger partial charge in [0.25, 0.3) is 0 Å². The maximum absolute atomic E-state index is 12.2. The summed E-state index contributed by atoms with van der Waals surface area (Å²) < 4.78 is 43.2. The van der Waals surface area contributed by atoms with Crippen molar-refractivity contribution >= 4 is 29.9 Å². The van der Waals surface area contributed by atoms with Crippen molar-refractivity contribution in [1.82, 2.24) is 25.4 Å². The van der Waals surface area contributed by atoms with E-state index in [2.05, 4.69) is 31.8 Å². The van der Waals surface area contributed by atoms with Gasteiger partial charge in [-0.3, -0.25) is 0 Å². The Hall–Kier alpha value is -2.83. The molecule has 1 heterocycles. The van der Waals surface area contributed by atoms with Crippen LogP contribution in [0.2, 0.25) is 0 Å². The Labute approximate surface area is 207 Å². The van der Waals surface area contributed by atoms with Gasteiger partial charge in [-0.05, 0) is 35.7 Å². The first-order valence-electron chi connectivity index (χ1n) is 10.1. The first-order chi connectivity index (χ1) is 15.4. The molecule has 0 atom stereocenters. The lowest BCUT2D eigenvalue weighted by Gasteiger charge is -2.13. The van der Waals surface area contributed by atoms with E-state index in [1.54, 1.807) is 23.1 Å². The summed E-state index contributed by atoms with van der Waals surface area (Å²) in [6, 6.07) is 14.6. The lowest BCUT2D eigenvalue weighted by Crippen LogP contribution is -2.36. The molecule has 0 spiro atoms. The van der Waals surface area contributed by atoms with Gasteiger partial charge in [0.2, 0.25) is 0 Å². The van der Waals surface area contributed by atoms with Crippen LogP contribution < -0.4 is 15.4 Å². The second-order valence-electron chi connectivity index (χ2n) is 7.01. The summed E-state index contributed by atoms with van der Waals surface area (Å²) in [6.07, 6.45) is -1.17. The zero-order valence-corrected chi connectivity index (χ0v) is 20.4. The van der Waals surface area contributed by atoms with E-state index in [4.69, 9.17) is 4.74 Å². The number of benzene rings is 2. The maximum Gasteiger partial charge on any atom is 0.422 e. The van der Waals surface area contributed by atoms with Crippen LogP contribution in [0.1, 0.15) is 23.6 Å².